The van der Waals surface area contributed by atoms with Crippen molar-refractivity contribution < 1.29 is 23.7 Å². The lowest BCUT2D eigenvalue weighted by molar-refractivity contribution is -0.235. The van der Waals surface area contributed by atoms with Crippen molar-refractivity contribution in [1.29, 1.82) is 0 Å². The van der Waals surface area contributed by atoms with Crippen LogP contribution in [0.3, 0.4) is 0 Å². The highest BCUT2D eigenvalue weighted by Crippen LogP contribution is 2.89. The Balaban J connectivity index is 1.13. The molecule has 2 saturated heterocycles. The Kier molecular flexibility index (Phi) is 6.96. The number of carbonyl (C=O) groups is 1. The van der Waals surface area contributed by atoms with Crippen LogP contribution >= 0.6 is 0 Å². The Morgan fingerprint density at radius 2 is 1.74 bits per heavy atom. The molecule has 5 saturated carbocycles. The summed E-state index contributed by atoms with van der Waals surface area (Å²) in [6.07, 6.45) is 10.7. The smallest absolute Gasteiger partial charge is 0.404 e. The van der Waals surface area contributed by atoms with Gasteiger partial charge in [-0.3, -0.25) is 0 Å². The van der Waals surface area contributed by atoms with Gasteiger partial charge in [0.25, 0.3) is 0 Å². The van der Waals surface area contributed by atoms with E-state index in [1.54, 1.807) is 0 Å². The van der Waals surface area contributed by atoms with Crippen LogP contribution in [0, 0.1) is 56.7 Å². The standard InChI is InChI=1S/C35H58N2O5/c1-20(2)29(42-30(36)38)22-16-21(3)28-23(40-22)17-33(7)25-9-8-24-31(4,5)26(41-27-18-37-14-15-39-27)10-11-34(24)19-35(25,34)13-12-32(28,33)6/h20-29,37H,8-19H2,1-7H3,(H2,36,38)/t21-,22?,23?,24?,25+,26+,27?,28?,29-,32-,33+,34-,35?/m1/s1. The molecule has 0 bridgehead atoms. The van der Waals surface area contributed by atoms with Crippen LogP contribution in [0.15, 0.2) is 0 Å². The first-order valence-electron chi connectivity index (χ1n) is 17.4. The molecule has 2 aliphatic heterocycles. The van der Waals surface area contributed by atoms with E-state index < -0.39 is 6.09 Å². The predicted molar refractivity (Wildman–Crippen MR) is 161 cm³/mol. The van der Waals surface area contributed by atoms with Gasteiger partial charge in [0.2, 0.25) is 0 Å². The summed E-state index contributed by atoms with van der Waals surface area (Å²) in [5.74, 6) is 2.77. The first-order chi connectivity index (χ1) is 19.8. The molecule has 7 heteroatoms. The molecule has 0 aromatic carbocycles. The van der Waals surface area contributed by atoms with Gasteiger partial charge in [0, 0.05) is 13.1 Å². The van der Waals surface area contributed by atoms with Gasteiger partial charge in [0.15, 0.2) is 6.29 Å². The van der Waals surface area contributed by atoms with Crippen molar-refractivity contribution in [3.8, 4) is 0 Å². The number of fused-ring (bicyclic) bond motifs is 4. The van der Waals surface area contributed by atoms with Gasteiger partial charge in [-0.2, -0.15) is 0 Å². The zero-order chi connectivity index (χ0) is 29.9. The molecule has 5 aliphatic carbocycles. The molecule has 0 aromatic heterocycles. The van der Waals surface area contributed by atoms with E-state index in [1.165, 1.54) is 38.5 Å². The summed E-state index contributed by atoms with van der Waals surface area (Å²) in [5.41, 5.74) is 7.19. The normalized spacial score (nSPS) is 53.1. The summed E-state index contributed by atoms with van der Waals surface area (Å²) < 4.78 is 25.4. The van der Waals surface area contributed by atoms with Gasteiger partial charge in [-0.25, -0.2) is 4.79 Å². The van der Waals surface area contributed by atoms with Gasteiger partial charge in [-0.05, 0) is 114 Å². The summed E-state index contributed by atoms with van der Waals surface area (Å²) in [5, 5.41) is 3.45. The first kappa shape index (κ1) is 29.8. The van der Waals surface area contributed by atoms with E-state index in [2.05, 4.69) is 53.8 Å². The summed E-state index contributed by atoms with van der Waals surface area (Å²) in [6, 6.07) is 0. The molecule has 7 fully saturated rings. The van der Waals surface area contributed by atoms with Crippen molar-refractivity contribution >= 4 is 6.09 Å². The van der Waals surface area contributed by atoms with E-state index in [1.807, 2.05) is 0 Å². The van der Waals surface area contributed by atoms with Gasteiger partial charge in [-0.1, -0.05) is 48.5 Å². The minimum atomic E-state index is -0.685. The van der Waals surface area contributed by atoms with Gasteiger partial charge >= 0.3 is 6.09 Å². The van der Waals surface area contributed by atoms with Crippen molar-refractivity contribution in [3.63, 3.8) is 0 Å². The Morgan fingerprint density at radius 1 is 1.00 bits per heavy atom. The van der Waals surface area contributed by atoms with Crippen LogP contribution < -0.4 is 11.1 Å². The lowest BCUT2D eigenvalue weighted by Gasteiger charge is -2.63. The van der Waals surface area contributed by atoms with Crippen molar-refractivity contribution in [1.82, 2.24) is 5.32 Å². The monoisotopic (exact) mass is 586 g/mol. The van der Waals surface area contributed by atoms with Crippen LogP contribution in [0.5, 0.6) is 0 Å². The maximum absolute atomic E-state index is 11.8. The summed E-state index contributed by atoms with van der Waals surface area (Å²) in [4.78, 5) is 11.8. The second kappa shape index (κ2) is 9.80. The van der Waals surface area contributed by atoms with E-state index in [9.17, 15) is 4.79 Å². The molecule has 7 aliphatic rings. The minimum Gasteiger partial charge on any atom is -0.443 e. The fourth-order valence-electron chi connectivity index (χ4n) is 13.4. The van der Waals surface area contributed by atoms with Gasteiger partial charge in [0.1, 0.15) is 6.10 Å². The number of amides is 1. The average Bonchev–Trinajstić information content (AvgIpc) is 3.52. The number of rotatable bonds is 5. The Bertz CT molecular complexity index is 1080. The lowest BCUT2D eigenvalue weighted by atomic mass is 9.41. The zero-order valence-corrected chi connectivity index (χ0v) is 27.4. The number of nitrogens with two attached hydrogens (primary N) is 1. The zero-order valence-electron chi connectivity index (χ0n) is 27.4. The van der Waals surface area contributed by atoms with E-state index in [4.69, 9.17) is 24.7 Å². The van der Waals surface area contributed by atoms with E-state index in [0.717, 1.165) is 50.8 Å². The minimum absolute atomic E-state index is 0.0718. The molecule has 238 valence electrons. The highest BCUT2D eigenvalue weighted by atomic mass is 16.7. The molecule has 0 aromatic rings. The third-order valence-electron chi connectivity index (χ3n) is 15.1. The number of ether oxygens (including phenoxy) is 4. The first-order valence-corrected chi connectivity index (χ1v) is 17.4. The molecule has 7 nitrogen and oxygen atoms in total. The van der Waals surface area contributed by atoms with E-state index in [0.29, 0.717) is 22.7 Å². The van der Waals surface area contributed by atoms with Crippen molar-refractivity contribution in [2.45, 2.75) is 137 Å². The molecule has 0 radical (unpaired) electrons. The van der Waals surface area contributed by atoms with Crippen LogP contribution in [0.4, 0.5) is 4.79 Å². The molecule has 3 N–H and O–H groups in total. The van der Waals surface area contributed by atoms with Gasteiger partial charge < -0.3 is 30.0 Å². The van der Waals surface area contributed by atoms with Crippen molar-refractivity contribution in [2.24, 2.45) is 62.4 Å². The number of primary amides is 1. The van der Waals surface area contributed by atoms with Crippen LogP contribution in [-0.4, -0.2) is 56.5 Å². The highest BCUT2D eigenvalue weighted by Gasteiger charge is 2.83. The molecule has 13 atom stereocenters. The van der Waals surface area contributed by atoms with E-state index in [-0.39, 0.29) is 52.9 Å². The third-order valence-corrected chi connectivity index (χ3v) is 15.1. The number of nitrogens with one attached hydrogen (secondary N) is 1. The molecule has 2 spiro atoms. The Hall–Kier alpha value is -0.890. The van der Waals surface area contributed by atoms with Crippen LogP contribution in [0.1, 0.15) is 106 Å². The Labute approximate surface area is 254 Å². The summed E-state index contributed by atoms with van der Waals surface area (Å²) in [7, 11) is 0. The maximum atomic E-state index is 11.8. The molecule has 42 heavy (non-hydrogen) atoms. The van der Waals surface area contributed by atoms with Crippen LogP contribution in [0.25, 0.3) is 0 Å². The molecular formula is C35H58N2O5. The second-order valence-electron chi connectivity index (χ2n) is 17.3. The predicted octanol–water partition coefficient (Wildman–Crippen LogP) is 6.28. The molecule has 1 amide bonds. The number of hydrogen-bond acceptors (Lipinski definition) is 6. The fourth-order valence-corrected chi connectivity index (χ4v) is 13.4. The quantitative estimate of drug-likeness (QED) is 0.394. The number of hydrogen-bond donors (Lipinski definition) is 2. The van der Waals surface area contributed by atoms with E-state index >= 15 is 0 Å². The van der Waals surface area contributed by atoms with Crippen LogP contribution in [0.2, 0.25) is 0 Å². The average molecular weight is 587 g/mol. The van der Waals surface area contributed by atoms with Crippen molar-refractivity contribution in [2.75, 3.05) is 19.7 Å². The third kappa shape index (κ3) is 3.94. The SMILES string of the molecule is CC(C)[C@@H](OC(N)=O)C1C[C@@H](C)C2C(C[C@@]3(C)[C@@H]4CCC5C(C)(C)[C@@H](OC6CNCCO6)CC[C@@]56CC46CC[C@]23C)O1. The maximum Gasteiger partial charge on any atom is 0.404 e. The van der Waals surface area contributed by atoms with Gasteiger partial charge in [0.05, 0.1) is 24.9 Å². The number of carbonyl (C=O) groups excluding carboxylic acids is 1. The topological polar surface area (TPSA) is 92.0 Å². The van der Waals surface area contributed by atoms with Gasteiger partial charge in [-0.15, -0.1) is 0 Å². The second-order valence-corrected chi connectivity index (χ2v) is 17.3. The molecule has 7 rings (SSSR count). The van der Waals surface area contributed by atoms with Crippen molar-refractivity contribution in [3.05, 3.63) is 0 Å². The highest BCUT2D eigenvalue weighted by molar-refractivity contribution is 5.64. The number of morpholine rings is 1. The Morgan fingerprint density at radius 3 is 2.43 bits per heavy atom. The molecule has 2 heterocycles. The summed E-state index contributed by atoms with van der Waals surface area (Å²) in [6.45, 7) is 19.5. The lowest BCUT2D eigenvalue weighted by Crippen LogP contribution is -2.58. The summed E-state index contributed by atoms with van der Waals surface area (Å²) >= 11 is 0. The van der Waals surface area contributed by atoms with Crippen LogP contribution in [-0.2, 0) is 18.9 Å². The molecule has 6 unspecified atom stereocenters. The fraction of sp³-hybridized carbons (Fsp3) is 0.971. The largest absolute Gasteiger partial charge is 0.443 e. The molecular weight excluding hydrogens is 528 g/mol.